The summed E-state index contributed by atoms with van der Waals surface area (Å²) in [5, 5.41) is 3.12. The first-order valence-electron chi connectivity index (χ1n) is 11.2. The van der Waals surface area contributed by atoms with E-state index in [4.69, 9.17) is 9.47 Å². The molecule has 7 heteroatoms. The summed E-state index contributed by atoms with van der Waals surface area (Å²) in [6.45, 7) is 9.04. The number of fused-ring (bicyclic) bond motifs is 1. The Labute approximate surface area is 183 Å². The number of nitrogens with zero attached hydrogens (tertiary/aromatic N) is 3. The van der Waals surface area contributed by atoms with Crippen molar-refractivity contribution < 1.29 is 14.3 Å². The molecule has 0 spiro atoms. The lowest BCUT2D eigenvalue weighted by atomic mass is 10.0. The molecule has 0 bridgehead atoms. The van der Waals surface area contributed by atoms with E-state index < -0.39 is 0 Å². The van der Waals surface area contributed by atoms with Crippen LogP contribution in [-0.4, -0.2) is 60.2 Å². The first kappa shape index (κ1) is 20.4. The summed E-state index contributed by atoms with van der Waals surface area (Å²) in [6, 6.07) is 5.87. The highest BCUT2D eigenvalue weighted by molar-refractivity contribution is 5.98. The molecule has 0 radical (unpaired) electrons. The zero-order chi connectivity index (χ0) is 21.4. The van der Waals surface area contributed by atoms with Gasteiger partial charge in [-0.05, 0) is 64.4 Å². The van der Waals surface area contributed by atoms with Gasteiger partial charge in [0.2, 0.25) is 5.91 Å². The third kappa shape index (κ3) is 3.92. The molecular formula is C24H30N4O3. The number of aryl methyl sites for hydroxylation is 2. The van der Waals surface area contributed by atoms with Crippen molar-refractivity contribution in [2.45, 2.75) is 33.1 Å². The van der Waals surface area contributed by atoms with E-state index in [9.17, 15) is 4.79 Å². The van der Waals surface area contributed by atoms with E-state index in [1.54, 1.807) is 6.33 Å². The molecule has 1 saturated carbocycles. The van der Waals surface area contributed by atoms with E-state index in [1.807, 2.05) is 32.0 Å². The fourth-order valence-electron chi connectivity index (χ4n) is 4.96. The Bertz CT molecular complexity index is 969. The normalized spacial score (nSPS) is 24.8. The summed E-state index contributed by atoms with van der Waals surface area (Å²) >= 11 is 0. The number of anilines is 1. The number of carbonyl (C=O) groups is 1. The number of hydrogen-bond acceptors (Lipinski definition) is 6. The minimum Gasteiger partial charge on any atom is -0.492 e. The average molecular weight is 423 g/mol. The number of carbonyl (C=O) groups excluding carboxylic acids is 1. The summed E-state index contributed by atoms with van der Waals surface area (Å²) in [7, 11) is 0. The van der Waals surface area contributed by atoms with Gasteiger partial charge < -0.3 is 14.8 Å². The van der Waals surface area contributed by atoms with Gasteiger partial charge in [-0.15, -0.1) is 0 Å². The molecule has 2 saturated heterocycles. The number of aromatic nitrogens is 2. The van der Waals surface area contributed by atoms with Crippen LogP contribution in [0.5, 0.6) is 5.75 Å². The fraction of sp³-hybridized carbons (Fsp3) is 0.542. The summed E-state index contributed by atoms with van der Waals surface area (Å²) < 4.78 is 11.7. The highest BCUT2D eigenvalue weighted by Gasteiger charge is 2.63. The van der Waals surface area contributed by atoms with Crippen LogP contribution in [-0.2, 0) is 9.53 Å². The molecule has 31 heavy (non-hydrogen) atoms. The molecule has 3 heterocycles. The van der Waals surface area contributed by atoms with Crippen molar-refractivity contribution in [3.63, 3.8) is 0 Å². The van der Waals surface area contributed by atoms with E-state index >= 15 is 0 Å². The summed E-state index contributed by atoms with van der Waals surface area (Å²) in [5.74, 6) is 1.22. The van der Waals surface area contributed by atoms with Crippen molar-refractivity contribution in [2.24, 2.45) is 11.3 Å². The molecular weight excluding hydrogens is 392 g/mol. The predicted octanol–water partition coefficient (Wildman–Crippen LogP) is 3.21. The number of ether oxygens (including phenoxy) is 2. The Morgan fingerprint density at radius 1 is 1.26 bits per heavy atom. The van der Waals surface area contributed by atoms with Crippen LogP contribution in [0.1, 0.15) is 30.7 Å². The van der Waals surface area contributed by atoms with Gasteiger partial charge in [0.25, 0.3) is 0 Å². The van der Waals surface area contributed by atoms with Crippen LogP contribution >= 0.6 is 0 Å². The van der Waals surface area contributed by atoms with Crippen LogP contribution < -0.4 is 10.1 Å². The van der Waals surface area contributed by atoms with Gasteiger partial charge in [0.15, 0.2) is 0 Å². The Kier molecular flexibility index (Phi) is 5.40. The Morgan fingerprint density at radius 2 is 2.03 bits per heavy atom. The van der Waals surface area contributed by atoms with E-state index in [1.165, 1.54) is 12.8 Å². The first-order chi connectivity index (χ1) is 15.1. The smallest absolute Gasteiger partial charge is 0.233 e. The molecule has 2 aromatic rings. The lowest BCUT2D eigenvalue weighted by Crippen LogP contribution is -2.27. The SMILES string of the molecule is Cc1ncnc(C)c1-c1cc(NC(=O)[C@@]23COC[C@@H]2C3)ccc1OCCN1CCCC1. The van der Waals surface area contributed by atoms with Crippen molar-refractivity contribution in [2.75, 3.05) is 44.8 Å². The minimum atomic E-state index is -0.327. The van der Waals surface area contributed by atoms with Crippen LogP contribution in [0.2, 0.25) is 0 Å². The predicted molar refractivity (Wildman–Crippen MR) is 118 cm³/mol. The molecule has 1 aromatic carbocycles. The maximum Gasteiger partial charge on any atom is 0.233 e. The standard InChI is InChI=1S/C24H30N4O3/c1-16-22(17(2)26-15-25-16)20-11-19(27-23(29)24-12-18(24)13-30-14-24)5-6-21(20)31-10-9-28-7-3-4-8-28/h5-6,11,15,18H,3-4,7-10,12-14H2,1-2H3,(H,27,29)/t18-,24-/m0/s1. The third-order valence-electron chi connectivity index (χ3n) is 6.96. The largest absolute Gasteiger partial charge is 0.492 e. The Hall–Kier alpha value is -2.51. The maximum absolute atomic E-state index is 12.9. The molecule has 1 amide bonds. The van der Waals surface area contributed by atoms with Crippen molar-refractivity contribution >= 4 is 11.6 Å². The van der Waals surface area contributed by atoms with E-state index in [2.05, 4.69) is 20.2 Å². The van der Waals surface area contributed by atoms with Gasteiger partial charge in [0.05, 0.1) is 18.6 Å². The molecule has 1 aromatic heterocycles. The first-order valence-corrected chi connectivity index (χ1v) is 11.2. The van der Waals surface area contributed by atoms with Crippen molar-refractivity contribution in [1.82, 2.24) is 14.9 Å². The Morgan fingerprint density at radius 3 is 2.71 bits per heavy atom. The molecule has 1 N–H and O–H groups in total. The quantitative estimate of drug-likeness (QED) is 0.738. The summed E-state index contributed by atoms with van der Waals surface area (Å²) in [4.78, 5) is 24.1. The number of nitrogens with one attached hydrogen (secondary N) is 1. The average Bonchev–Trinajstić information content (AvgIpc) is 3.08. The summed E-state index contributed by atoms with van der Waals surface area (Å²) in [5.41, 5.74) is 4.10. The molecule has 2 atom stereocenters. The zero-order valence-electron chi connectivity index (χ0n) is 18.3. The van der Waals surface area contributed by atoms with Gasteiger partial charge in [0, 0.05) is 40.7 Å². The van der Waals surface area contributed by atoms with Crippen molar-refractivity contribution in [3.8, 4) is 16.9 Å². The van der Waals surface area contributed by atoms with Gasteiger partial charge in [0.1, 0.15) is 18.7 Å². The molecule has 3 fully saturated rings. The highest BCUT2D eigenvalue weighted by atomic mass is 16.5. The second kappa shape index (κ2) is 8.20. The highest BCUT2D eigenvalue weighted by Crippen LogP contribution is 2.57. The second-order valence-corrected chi connectivity index (χ2v) is 9.05. The van der Waals surface area contributed by atoms with Crippen molar-refractivity contribution in [1.29, 1.82) is 0 Å². The molecule has 1 aliphatic carbocycles. The number of amides is 1. The van der Waals surface area contributed by atoms with Gasteiger partial charge in [-0.25, -0.2) is 9.97 Å². The fourth-order valence-corrected chi connectivity index (χ4v) is 4.96. The van der Waals surface area contributed by atoms with E-state index in [-0.39, 0.29) is 11.3 Å². The third-order valence-corrected chi connectivity index (χ3v) is 6.96. The van der Waals surface area contributed by atoms with Gasteiger partial charge in [-0.1, -0.05) is 0 Å². The number of hydrogen-bond donors (Lipinski definition) is 1. The zero-order valence-corrected chi connectivity index (χ0v) is 18.3. The van der Waals surface area contributed by atoms with Gasteiger partial charge in [-0.2, -0.15) is 0 Å². The lowest BCUT2D eigenvalue weighted by molar-refractivity contribution is -0.121. The topological polar surface area (TPSA) is 76.6 Å². The van der Waals surface area contributed by atoms with Crippen LogP contribution in [0.25, 0.3) is 11.1 Å². The molecule has 5 rings (SSSR count). The monoisotopic (exact) mass is 422 g/mol. The van der Waals surface area contributed by atoms with Crippen LogP contribution in [0.4, 0.5) is 5.69 Å². The van der Waals surface area contributed by atoms with E-state index in [0.29, 0.717) is 25.7 Å². The van der Waals surface area contributed by atoms with Crippen LogP contribution in [0, 0.1) is 25.2 Å². The number of rotatable bonds is 7. The van der Waals surface area contributed by atoms with Crippen LogP contribution in [0.3, 0.4) is 0 Å². The van der Waals surface area contributed by atoms with Gasteiger partial charge >= 0.3 is 0 Å². The minimum absolute atomic E-state index is 0.0569. The molecule has 2 aliphatic heterocycles. The van der Waals surface area contributed by atoms with E-state index in [0.717, 1.165) is 60.0 Å². The maximum atomic E-state index is 12.9. The van der Waals surface area contributed by atoms with Gasteiger partial charge in [-0.3, -0.25) is 9.69 Å². The Balaban J connectivity index is 1.39. The number of likely N-dealkylation sites (tertiary alicyclic amines) is 1. The molecule has 0 unspecified atom stereocenters. The number of benzene rings is 1. The lowest BCUT2D eigenvalue weighted by Gasteiger charge is -2.19. The molecule has 3 aliphatic rings. The summed E-state index contributed by atoms with van der Waals surface area (Å²) in [6.07, 6.45) is 5.05. The second-order valence-electron chi connectivity index (χ2n) is 9.05. The van der Waals surface area contributed by atoms with Crippen LogP contribution in [0.15, 0.2) is 24.5 Å². The van der Waals surface area contributed by atoms with Crippen molar-refractivity contribution in [3.05, 3.63) is 35.9 Å². The molecule has 164 valence electrons. The molecule has 7 nitrogen and oxygen atoms in total.